The third-order valence-corrected chi connectivity index (χ3v) is 4.79. The molecule has 1 aliphatic rings. The van der Waals surface area contributed by atoms with E-state index in [-0.39, 0.29) is 29.9 Å². The van der Waals surface area contributed by atoms with Crippen LogP contribution in [0.5, 0.6) is 0 Å². The fourth-order valence-corrected chi connectivity index (χ4v) is 3.35. The molecule has 0 bridgehead atoms. The van der Waals surface area contributed by atoms with Gasteiger partial charge in [0, 0.05) is 45.5 Å². The topological polar surface area (TPSA) is 61.7 Å². The third kappa shape index (κ3) is 7.55. The molecular formula is C19H34IN5O. The quantitative estimate of drug-likeness (QED) is 0.263. The number of aromatic nitrogens is 1. The van der Waals surface area contributed by atoms with Gasteiger partial charge in [-0.25, -0.2) is 0 Å². The Balaban J connectivity index is 0.00000338. The van der Waals surface area contributed by atoms with Gasteiger partial charge in [0.1, 0.15) is 0 Å². The maximum absolute atomic E-state index is 12.0. The molecule has 7 heteroatoms. The van der Waals surface area contributed by atoms with Gasteiger partial charge in [0.2, 0.25) is 5.91 Å². The molecule has 0 unspecified atom stereocenters. The zero-order valence-corrected chi connectivity index (χ0v) is 18.7. The van der Waals surface area contributed by atoms with Crippen LogP contribution in [0.1, 0.15) is 44.7 Å². The van der Waals surface area contributed by atoms with Crippen molar-refractivity contribution >= 4 is 35.8 Å². The summed E-state index contributed by atoms with van der Waals surface area (Å²) in [6.07, 6.45) is 7.70. The molecular weight excluding hydrogens is 441 g/mol. The van der Waals surface area contributed by atoms with Crippen molar-refractivity contribution in [3.05, 3.63) is 24.0 Å². The van der Waals surface area contributed by atoms with Crippen LogP contribution >= 0.6 is 24.0 Å². The van der Waals surface area contributed by atoms with Gasteiger partial charge in [0.05, 0.1) is 13.1 Å². The molecule has 1 aromatic heterocycles. The first-order chi connectivity index (χ1) is 12.1. The van der Waals surface area contributed by atoms with E-state index in [9.17, 15) is 4.79 Å². The number of nitrogens with one attached hydrogen (secondary N) is 2. The van der Waals surface area contributed by atoms with Gasteiger partial charge in [-0.2, -0.15) is 0 Å². The van der Waals surface area contributed by atoms with E-state index in [1.807, 2.05) is 26.4 Å². The van der Waals surface area contributed by atoms with Gasteiger partial charge in [-0.15, -0.1) is 24.0 Å². The van der Waals surface area contributed by atoms with Crippen LogP contribution in [-0.2, 0) is 18.4 Å². The number of carbonyl (C=O) groups is 1. The minimum Gasteiger partial charge on any atom is -0.357 e. The Labute approximate surface area is 174 Å². The predicted molar refractivity (Wildman–Crippen MR) is 118 cm³/mol. The third-order valence-electron chi connectivity index (χ3n) is 4.79. The molecule has 1 fully saturated rings. The van der Waals surface area contributed by atoms with Crippen LogP contribution in [0.4, 0.5) is 0 Å². The first-order valence-electron chi connectivity index (χ1n) is 9.46. The minimum atomic E-state index is 0. The smallest absolute Gasteiger partial charge is 0.220 e. The Morgan fingerprint density at radius 3 is 2.69 bits per heavy atom. The Bertz CT molecular complexity index is 566. The summed E-state index contributed by atoms with van der Waals surface area (Å²) in [5, 5.41) is 6.32. The number of hydrogen-bond donors (Lipinski definition) is 2. The van der Waals surface area contributed by atoms with Crippen molar-refractivity contribution in [2.75, 3.05) is 26.7 Å². The van der Waals surface area contributed by atoms with E-state index < -0.39 is 0 Å². The van der Waals surface area contributed by atoms with Crippen molar-refractivity contribution < 1.29 is 4.79 Å². The van der Waals surface area contributed by atoms with Crippen LogP contribution < -0.4 is 10.6 Å². The summed E-state index contributed by atoms with van der Waals surface area (Å²) in [6, 6.07) is 4.16. The van der Waals surface area contributed by atoms with Crippen molar-refractivity contribution in [3.8, 4) is 0 Å². The standard InChI is InChI=1S/C19H33N5O.HI/c1-4-20-19(24(3)15-17-10-7-13-23(17)2)22-12-11-21-18(25)14-16-8-5-6-9-16;/h7,10,13,16H,4-6,8-9,11-12,14-15H2,1-3H3,(H,20,22)(H,21,25);1H. The molecule has 0 aromatic carbocycles. The second-order valence-electron chi connectivity index (χ2n) is 6.91. The number of nitrogens with zero attached hydrogens (tertiary/aromatic N) is 3. The SMILES string of the molecule is CCNC(=NCCNC(=O)CC1CCCC1)N(C)Cc1cccn1C.I. The van der Waals surface area contributed by atoms with Crippen LogP contribution in [0.3, 0.4) is 0 Å². The van der Waals surface area contributed by atoms with Crippen molar-refractivity contribution in [1.29, 1.82) is 0 Å². The second-order valence-corrected chi connectivity index (χ2v) is 6.91. The lowest BCUT2D eigenvalue weighted by Gasteiger charge is -2.22. The van der Waals surface area contributed by atoms with Gasteiger partial charge in [-0.05, 0) is 37.8 Å². The molecule has 0 atom stereocenters. The molecule has 0 aliphatic heterocycles. The molecule has 1 aromatic rings. The van der Waals surface area contributed by atoms with Gasteiger partial charge in [-0.1, -0.05) is 12.8 Å². The van der Waals surface area contributed by atoms with Crippen molar-refractivity contribution in [1.82, 2.24) is 20.1 Å². The monoisotopic (exact) mass is 475 g/mol. The summed E-state index contributed by atoms with van der Waals surface area (Å²) in [6.45, 7) is 4.87. The van der Waals surface area contributed by atoms with Crippen LogP contribution in [0.15, 0.2) is 23.3 Å². The number of amides is 1. The number of guanidine groups is 1. The predicted octanol–water partition coefficient (Wildman–Crippen LogP) is 2.74. The highest BCUT2D eigenvalue weighted by molar-refractivity contribution is 14.0. The van der Waals surface area contributed by atoms with Gasteiger partial charge in [0.25, 0.3) is 0 Å². The largest absolute Gasteiger partial charge is 0.357 e. The second kappa shape index (κ2) is 12.2. The average Bonchev–Trinajstić information content (AvgIpc) is 3.22. The van der Waals surface area contributed by atoms with Crippen LogP contribution in [-0.4, -0.2) is 48.0 Å². The summed E-state index contributed by atoms with van der Waals surface area (Å²) in [4.78, 5) is 18.7. The number of hydrogen-bond acceptors (Lipinski definition) is 2. The summed E-state index contributed by atoms with van der Waals surface area (Å²) >= 11 is 0. The first-order valence-corrected chi connectivity index (χ1v) is 9.46. The molecule has 0 spiro atoms. The molecule has 1 heterocycles. The van der Waals surface area contributed by atoms with Gasteiger partial charge in [0.15, 0.2) is 5.96 Å². The fraction of sp³-hybridized carbons (Fsp3) is 0.684. The molecule has 26 heavy (non-hydrogen) atoms. The highest BCUT2D eigenvalue weighted by Crippen LogP contribution is 2.27. The Hall–Kier alpha value is -1.25. The minimum absolute atomic E-state index is 0. The number of aliphatic imine (C=N–C) groups is 1. The highest BCUT2D eigenvalue weighted by atomic mass is 127. The lowest BCUT2D eigenvalue weighted by molar-refractivity contribution is -0.121. The zero-order valence-electron chi connectivity index (χ0n) is 16.3. The number of carbonyl (C=O) groups excluding carboxylic acids is 1. The molecule has 1 saturated carbocycles. The molecule has 2 rings (SSSR count). The lowest BCUT2D eigenvalue weighted by atomic mass is 10.0. The number of halogens is 1. The van der Waals surface area contributed by atoms with E-state index in [0.717, 1.165) is 19.0 Å². The molecule has 1 aliphatic carbocycles. The summed E-state index contributed by atoms with van der Waals surface area (Å²) in [5.74, 6) is 1.63. The van der Waals surface area contributed by atoms with E-state index in [1.54, 1.807) is 0 Å². The fourth-order valence-electron chi connectivity index (χ4n) is 3.35. The highest BCUT2D eigenvalue weighted by Gasteiger charge is 2.18. The summed E-state index contributed by atoms with van der Waals surface area (Å²) in [5.41, 5.74) is 1.23. The Morgan fingerprint density at radius 1 is 1.35 bits per heavy atom. The van der Waals surface area contributed by atoms with Crippen molar-refractivity contribution in [3.63, 3.8) is 0 Å². The van der Waals surface area contributed by atoms with E-state index in [1.165, 1.54) is 31.4 Å². The van der Waals surface area contributed by atoms with E-state index >= 15 is 0 Å². The molecule has 148 valence electrons. The van der Waals surface area contributed by atoms with E-state index in [2.05, 4.69) is 38.1 Å². The first kappa shape index (κ1) is 22.8. The molecule has 6 nitrogen and oxygen atoms in total. The lowest BCUT2D eigenvalue weighted by Crippen LogP contribution is -2.39. The van der Waals surface area contributed by atoms with Crippen LogP contribution in [0.25, 0.3) is 0 Å². The maximum Gasteiger partial charge on any atom is 0.220 e. The van der Waals surface area contributed by atoms with Crippen molar-refractivity contribution in [2.45, 2.75) is 45.6 Å². The number of aryl methyl sites for hydroxylation is 1. The Morgan fingerprint density at radius 2 is 2.08 bits per heavy atom. The summed E-state index contributed by atoms with van der Waals surface area (Å²) < 4.78 is 2.11. The molecule has 0 radical (unpaired) electrons. The maximum atomic E-state index is 12.0. The van der Waals surface area contributed by atoms with Crippen molar-refractivity contribution in [2.24, 2.45) is 18.0 Å². The van der Waals surface area contributed by atoms with Crippen LogP contribution in [0, 0.1) is 5.92 Å². The molecule has 0 saturated heterocycles. The molecule has 1 amide bonds. The van der Waals surface area contributed by atoms with Crippen LogP contribution in [0.2, 0.25) is 0 Å². The molecule has 2 N–H and O–H groups in total. The normalized spacial score (nSPS) is 14.8. The summed E-state index contributed by atoms with van der Waals surface area (Å²) in [7, 11) is 4.08. The van der Waals surface area contributed by atoms with Gasteiger partial charge in [-0.3, -0.25) is 9.79 Å². The van der Waals surface area contributed by atoms with Gasteiger partial charge < -0.3 is 20.1 Å². The Kier molecular flexibility index (Phi) is 10.7. The van der Waals surface area contributed by atoms with E-state index in [4.69, 9.17) is 0 Å². The number of rotatable bonds is 8. The average molecular weight is 475 g/mol. The zero-order chi connectivity index (χ0) is 18.1. The van der Waals surface area contributed by atoms with E-state index in [0.29, 0.717) is 25.4 Å². The van der Waals surface area contributed by atoms with Gasteiger partial charge >= 0.3 is 0 Å².